The number of nitrogens with zero attached hydrogens (tertiary/aromatic N) is 4. The van der Waals surface area contributed by atoms with E-state index in [2.05, 4.69) is 20.8 Å². The van der Waals surface area contributed by atoms with E-state index >= 15 is 0 Å². The molecule has 0 aliphatic heterocycles. The molecule has 0 aliphatic carbocycles. The maximum Gasteiger partial charge on any atom is 0.248 e. The predicted octanol–water partition coefficient (Wildman–Crippen LogP) is 2.53. The van der Waals surface area contributed by atoms with E-state index in [9.17, 15) is 4.79 Å². The summed E-state index contributed by atoms with van der Waals surface area (Å²) in [6.07, 6.45) is 3.02. The number of tetrazole rings is 1. The number of aromatic nitrogens is 4. The Kier molecular flexibility index (Phi) is 4.60. The number of amides is 1. The van der Waals surface area contributed by atoms with Crippen LogP contribution >= 0.6 is 0 Å². The van der Waals surface area contributed by atoms with Crippen molar-refractivity contribution in [3.63, 3.8) is 0 Å². The van der Waals surface area contributed by atoms with E-state index < -0.39 is 0 Å². The number of anilines is 1. The van der Waals surface area contributed by atoms with Crippen LogP contribution in [0.3, 0.4) is 0 Å². The number of carbonyl (C=O) groups excluding carboxylic acids is 1. The van der Waals surface area contributed by atoms with Crippen LogP contribution in [0.1, 0.15) is 17.3 Å². The number of ether oxygens (including phenoxy) is 1. The maximum atomic E-state index is 12.1. The minimum absolute atomic E-state index is 0.279. The van der Waals surface area contributed by atoms with Gasteiger partial charge in [0.1, 0.15) is 23.0 Å². The van der Waals surface area contributed by atoms with Gasteiger partial charge in [0.2, 0.25) is 5.91 Å². The third-order valence-corrected chi connectivity index (χ3v) is 3.46. The smallest absolute Gasteiger partial charge is 0.248 e. The Morgan fingerprint density at radius 3 is 2.76 bits per heavy atom. The van der Waals surface area contributed by atoms with Crippen molar-refractivity contribution < 1.29 is 13.9 Å². The average Bonchev–Trinajstić information content (AvgIpc) is 3.21. The van der Waals surface area contributed by atoms with Gasteiger partial charge >= 0.3 is 0 Å². The zero-order valence-electron chi connectivity index (χ0n) is 14.1. The second-order valence-electron chi connectivity index (χ2n) is 5.30. The summed E-state index contributed by atoms with van der Waals surface area (Å²) in [4.78, 5) is 12.1. The number of carbonyl (C=O) groups is 1. The Balaban J connectivity index is 1.80. The van der Waals surface area contributed by atoms with Crippen molar-refractivity contribution in [2.24, 2.45) is 0 Å². The highest BCUT2D eigenvalue weighted by atomic mass is 16.5. The van der Waals surface area contributed by atoms with Crippen molar-refractivity contribution in [3.05, 3.63) is 53.8 Å². The van der Waals surface area contributed by atoms with Crippen LogP contribution in [0.5, 0.6) is 5.75 Å². The number of hydrogen-bond donors (Lipinski definition) is 1. The molecule has 2 heterocycles. The first-order valence-corrected chi connectivity index (χ1v) is 7.55. The average molecular weight is 339 g/mol. The van der Waals surface area contributed by atoms with E-state index in [4.69, 9.17) is 9.15 Å². The molecular weight excluding hydrogens is 322 g/mol. The highest BCUT2D eigenvalue weighted by Crippen LogP contribution is 2.26. The molecule has 0 spiro atoms. The Morgan fingerprint density at radius 1 is 1.28 bits per heavy atom. The summed E-state index contributed by atoms with van der Waals surface area (Å²) in [6.45, 7) is 3.62. The lowest BCUT2D eigenvalue weighted by Gasteiger charge is -2.11. The molecule has 0 fully saturated rings. The fourth-order valence-electron chi connectivity index (χ4n) is 2.27. The quantitative estimate of drug-likeness (QED) is 0.718. The molecule has 1 aromatic carbocycles. The van der Waals surface area contributed by atoms with Gasteiger partial charge in [-0.2, -0.15) is 4.68 Å². The molecule has 2 aromatic heterocycles. The highest BCUT2D eigenvalue weighted by molar-refractivity contribution is 6.02. The van der Waals surface area contributed by atoms with E-state index in [1.54, 1.807) is 44.4 Å². The molecule has 1 amide bonds. The van der Waals surface area contributed by atoms with Crippen LogP contribution < -0.4 is 10.1 Å². The molecule has 1 N–H and O–H groups in total. The minimum atomic E-state index is -0.279. The van der Waals surface area contributed by atoms with E-state index in [1.165, 1.54) is 10.8 Å². The lowest BCUT2D eigenvalue weighted by molar-refractivity contribution is -0.111. The van der Waals surface area contributed by atoms with Gasteiger partial charge in [-0.25, -0.2) is 0 Å². The van der Waals surface area contributed by atoms with Gasteiger partial charge in [0.15, 0.2) is 5.82 Å². The summed E-state index contributed by atoms with van der Waals surface area (Å²) in [5.74, 6) is 2.33. The third kappa shape index (κ3) is 3.74. The molecule has 128 valence electrons. The van der Waals surface area contributed by atoms with Gasteiger partial charge in [0, 0.05) is 11.8 Å². The maximum absolute atomic E-state index is 12.1. The molecule has 0 atom stereocenters. The van der Waals surface area contributed by atoms with Gasteiger partial charge in [-0.1, -0.05) is 0 Å². The van der Waals surface area contributed by atoms with E-state index in [0.29, 0.717) is 28.7 Å². The Labute approximate surface area is 144 Å². The normalized spacial score (nSPS) is 11.0. The molecular formula is C17H17N5O3. The second-order valence-corrected chi connectivity index (χ2v) is 5.30. The van der Waals surface area contributed by atoms with Crippen molar-refractivity contribution >= 4 is 17.7 Å². The van der Waals surface area contributed by atoms with Crippen molar-refractivity contribution in [2.75, 3.05) is 12.4 Å². The second kappa shape index (κ2) is 7.00. The summed E-state index contributed by atoms with van der Waals surface area (Å²) in [6, 6.07) is 8.86. The summed E-state index contributed by atoms with van der Waals surface area (Å²) in [7, 11) is 1.56. The molecule has 25 heavy (non-hydrogen) atoms. The van der Waals surface area contributed by atoms with Gasteiger partial charge in [0.25, 0.3) is 0 Å². The van der Waals surface area contributed by atoms with Crippen LogP contribution in [-0.2, 0) is 4.79 Å². The summed E-state index contributed by atoms with van der Waals surface area (Å²) in [5, 5.41) is 14.2. The van der Waals surface area contributed by atoms with Crippen molar-refractivity contribution in [1.29, 1.82) is 0 Å². The van der Waals surface area contributed by atoms with Crippen molar-refractivity contribution in [1.82, 2.24) is 20.2 Å². The van der Waals surface area contributed by atoms with Crippen LogP contribution in [-0.4, -0.2) is 33.2 Å². The first-order valence-electron chi connectivity index (χ1n) is 7.55. The third-order valence-electron chi connectivity index (χ3n) is 3.46. The number of rotatable bonds is 5. The predicted molar refractivity (Wildman–Crippen MR) is 91.6 cm³/mol. The Hall–Kier alpha value is -3.42. The number of aryl methyl sites for hydroxylation is 2. The van der Waals surface area contributed by atoms with Crippen LogP contribution in [0.15, 0.2) is 40.8 Å². The number of methoxy groups -OCH3 is 1. The number of benzene rings is 1. The fourth-order valence-corrected chi connectivity index (χ4v) is 2.27. The molecule has 0 bridgehead atoms. The van der Waals surface area contributed by atoms with Crippen molar-refractivity contribution in [2.45, 2.75) is 13.8 Å². The first kappa shape index (κ1) is 16.4. The van der Waals surface area contributed by atoms with Crippen LogP contribution in [0.2, 0.25) is 0 Å². The zero-order valence-corrected chi connectivity index (χ0v) is 14.1. The Bertz CT molecular complexity index is 926. The standard InChI is InChI=1S/C17H17N5O3/c1-11-4-6-14(25-11)7-9-17(23)18-13-5-8-16(24-3)15(10-13)22-12(2)19-20-21-22/h4-10H,1-3H3,(H,18,23). The molecule has 0 radical (unpaired) electrons. The van der Waals surface area contributed by atoms with Crippen LogP contribution in [0.4, 0.5) is 5.69 Å². The van der Waals surface area contributed by atoms with E-state index in [0.717, 1.165) is 5.76 Å². The molecule has 8 nitrogen and oxygen atoms in total. The van der Waals surface area contributed by atoms with Crippen LogP contribution in [0.25, 0.3) is 11.8 Å². The Morgan fingerprint density at radius 2 is 2.12 bits per heavy atom. The highest BCUT2D eigenvalue weighted by Gasteiger charge is 2.11. The molecule has 0 saturated heterocycles. The first-order chi connectivity index (χ1) is 12.1. The number of furan rings is 1. The molecule has 0 saturated carbocycles. The summed E-state index contributed by atoms with van der Waals surface area (Å²) in [5.41, 5.74) is 1.23. The van der Waals surface area contributed by atoms with Crippen LogP contribution in [0, 0.1) is 13.8 Å². The van der Waals surface area contributed by atoms with Gasteiger partial charge in [-0.15, -0.1) is 5.10 Å². The van der Waals surface area contributed by atoms with Crippen molar-refractivity contribution in [3.8, 4) is 11.4 Å². The number of nitrogens with one attached hydrogen (secondary N) is 1. The monoisotopic (exact) mass is 339 g/mol. The SMILES string of the molecule is COc1ccc(NC(=O)C=Cc2ccc(C)o2)cc1-n1nnnc1C. The molecule has 0 unspecified atom stereocenters. The largest absolute Gasteiger partial charge is 0.494 e. The fraction of sp³-hybridized carbons (Fsp3) is 0.176. The summed E-state index contributed by atoms with van der Waals surface area (Å²) >= 11 is 0. The molecule has 3 aromatic rings. The summed E-state index contributed by atoms with van der Waals surface area (Å²) < 4.78 is 12.3. The molecule has 8 heteroatoms. The van der Waals surface area contributed by atoms with E-state index in [1.807, 2.05) is 13.0 Å². The molecule has 0 aliphatic rings. The van der Waals surface area contributed by atoms with E-state index in [-0.39, 0.29) is 5.91 Å². The topological polar surface area (TPSA) is 95.1 Å². The number of hydrogen-bond acceptors (Lipinski definition) is 6. The molecule has 3 rings (SSSR count). The lowest BCUT2D eigenvalue weighted by Crippen LogP contribution is -2.09. The lowest BCUT2D eigenvalue weighted by atomic mass is 10.2. The van der Waals surface area contributed by atoms with Gasteiger partial charge in [-0.05, 0) is 60.7 Å². The zero-order chi connectivity index (χ0) is 17.8. The van der Waals surface area contributed by atoms with Gasteiger partial charge in [0.05, 0.1) is 7.11 Å². The van der Waals surface area contributed by atoms with Gasteiger partial charge < -0.3 is 14.5 Å². The minimum Gasteiger partial charge on any atom is -0.494 e. The van der Waals surface area contributed by atoms with Gasteiger partial charge in [-0.3, -0.25) is 4.79 Å².